The number of anilines is 1. The summed E-state index contributed by atoms with van der Waals surface area (Å²) >= 11 is 12.0. The molecule has 2 aromatic carbocycles. The number of carbonyl (C=O) groups is 1. The van der Waals surface area contributed by atoms with Gasteiger partial charge in [0, 0.05) is 35.1 Å². The van der Waals surface area contributed by atoms with E-state index in [1.165, 1.54) is 12.1 Å². The van der Waals surface area contributed by atoms with Crippen LogP contribution in [0.5, 0.6) is 5.75 Å². The van der Waals surface area contributed by atoms with Gasteiger partial charge in [0.2, 0.25) is 0 Å². The van der Waals surface area contributed by atoms with Crippen molar-refractivity contribution in [2.45, 2.75) is 13.0 Å². The summed E-state index contributed by atoms with van der Waals surface area (Å²) in [4.78, 5) is 17.2. The Morgan fingerprint density at radius 3 is 2.53 bits per heavy atom. The van der Waals surface area contributed by atoms with E-state index in [1.54, 1.807) is 23.0 Å². The number of carbonyl (C=O) groups excluding carboxylic acids is 1. The highest BCUT2D eigenvalue weighted by Crippen LogP contribution is 2.38. The average molecular weight is 476 g/mol. The first kappa shape index (κ1) is 22.5. The summed E-state index contributed by atoms with van der Waals surface area (Å²) in [5.41, 5.74) is 1.95. The first-order valence-electron chi connectivity index (χ1n) is 10.2. The Hall–Kier alpha value is -2.68. The van der Waals surface area contributed by atoms with Crippen molar-refractivity contribution in [2.24, 2.45) is 0 Å². The van der Waals surface area contributed by atoms with E-state index in [9.17, 15) is 9.18 Å². The Labute approximate surface area is 196 Å². The highest BCUT2D eigenvalue weighted by molar-refractivity contribution is 7.80. The molecule has 1 atom stereocenters. The molecule has 6 nitrogen and oxygen atoms in total. The summed E-state index contributed by atoms with van der Waals surface area (Å²) in [5.74, 6) is -0.00805. The third-order valence-electron chi connectivity index (χ3n) is 5.63. The Balaban J connectivity index is 1.84. The van der Waals surface area contributed by atoms with Crippen LogP contribution < -0.4 is 15.0 Å². The maximum atomic E-state index is 14.9. The van der Waals surface area contributed by atoms with Crippen molar-refractivity contribution in [1.29, 1.82) is 0 Å². The van der Waals surface area contributed by atoms with E-state index in [4.69, 9.17) is 33.3 Å². The van der Waals surface area contributed by atoms with Crippen molar-refractivity contribution in [2.75, 3.05) is 38.3 Å². The second-order valence-electron chi connectivity index (χ2n) is 7.45. The lowest BCUT2D eigenvalue weighted by Gasteiger charge is -2.40. The van der Waals surface area contributed by atoms with Crippen LogP contribution in [0.4, 0.5) is 10.1 Å². The molecule has 0 aliphatic carbocycles. The SMILES string of the molecule is COc1ccc(N2C(=S)NC(c3c(F)cccc3Cl)C(C(=O)N3CCOCC3)=C2C)cc1. The van der Waals surface area contributed by atoms with Gasteiger partial charge >= 0.3 is 0 Å². The van der Waals surface area contributed by atoms with Gasteiger partial charge < -0.3 is 19.7 Å². The number of rotatable bonds is 4. The third kappa shape index (κ3) is 4.18. The summed E-state index contributed by atoms with van der Waals surface area (Å²) in [6, 6.07) is 11.0. The molecule has 2 aliphatic rings. The topological polar surface area (TPSA) is 54.0 Å². The van der Waals surface area contributed by atoms with E-state index in [1.807, 2.05) is 31.2 Å². The molecule has 1 saturated heterocycles. The molecule has 2 aliphatic heterocycles. The van der Waals surface area contributed by atoms with Crippen molar-refractivity contribution in [1.82, 2.24) is 10.2 Å². The van der Waals surface area contributed by atoms with Crippen molar-refractivity contribution < 1.29 is 18.7 Å². The second kappa shape index (κ2) is 9.44. The highest BCUT2D eigenvalue weighted by Gasteiger charge is 2.38. The van der Waals surface area contributed by atoms with Gasteiger partial charge in [-0.05, 0) is 55.5 Å². The fraction of sp³-hybridized carbons (Fsp3) is 0.304. The molecule has 1 amide bonds. The van der Waals surface area contributed by atoms with Gasteiger partial charge in [-0.3, -0.25) is 9.69 Å². The molecule has 1 unspecified atom stereocenters. The zero-order valence-corrected chi connectivity index (χ0v) is 19.3. The molecule has 4 rings (SSSR count). The Morgan fingerprint density at radius 2 is 1.91 bits per heavy atom. The number of benzene rings is 2. The molecule has 9 heteroatoms. The molecule has 2 heterocycles. The van der Waals surface area contributed by atoms with E-state index in [0.29, 0.717) is 48.4 Å². The Morgan fingerprint density at radius 1 is 1.22 bits per heavy atom. The number of nitrogens with zero attached hydrogens (tertiary/aromatic N) is 2. The van der Waals surface area contributed by atoms with E-state index in [0.717, 1.165) is 5.69 Å². The number of thiocarbonyl (C=S) groups is 1. The van der Waals surface area contributed by atoms with E-state index >= 15 is 0 Å². The van der Waals surface area contributed by atoms with Crippen LogP contribution in [0.2, 0.25) is 5.02 Å². The predicted molar refractivity (Wildman–Crippen MR) is 125 cm³/mol. The number of hydrogen-bond acceptors (Lipinski definition) is 4. The minimum Gasteiger partial charge on any atom is -0.497 e. The number of hydrogen-bond donors (Lipinski definition) is 1. The van der Waals surface area contributed by atoms with E-state index < -0.39 is 11.9 Å². The number of ether oxygens (including phenoxy) is 2. The zero-order chi connectivity index (χ0) is 22.8. The molecule has 0 spiro atoms. The third-order valence-corrected chi connectivity index (χ3v) is 6.26. The minimum atomic E-state index is -0.818. The largest absolute Gasteiger partial charge is 0.497 e. The van der Waals surface area contributed by atoms with Crippen LogP contribution in [0.3, 0.4) is 0 Å². The lowest BCUT2D eigenvalue weighted by molar-refractivity contribution is -0.131. The number of halogens is 2. The maximum absolute atomic E-state index is 14.9. The molecule has 0 bridgehead atoms. The van der Waals surface area contributed by atoms with Crippen molar-refractivity contribution in [3.8, 4) is 5.75 Å². The van der Waals surface area contributed by atoms with Crippen molar-refractivity contribution in [3.05, 3.63) is 70.1 Å². The highest BCUT2D eigenvalue weighted by atomic mass is 35.5. The van der Waals surface area contributed by atoms with Crippen LogP contribution in [-0.2, 0) is 9.53 Å². The molecule has 1 N–H and O–H groups in total. The normalized spacial score (nSPS) is 19.1. The van der Waals surface area contributed by atoms with Gasteiger partial charge in [-0.25, -0.2) is 4.39 Å². The standard InChI is InChI=1S/C23H23ClFN3O3S/c1-14-19(22(29)27-10-12-31-13-11-27)21(20-17(24)4-3-5-18(20)25)26-23(32)28(14)15-6-8-16(30-2)9-7-15/h3-9,21H,10-13H2,1-2H3,(H,26,32). The molecular formula is C23H23ClFN3O3S. The number of nitrogens with one attached hydrogen (secondary N) is 1. The monoisotopic (exact) mass is 475 g/mol. The van der Waals surface area contributed by atoms with Gasteiger partial charge in [0.15, 0.2) is 5.11 Å². The predicted octanol–water partition coefficient (Wildman–Crippen LogP) is 4.06. The van der Waals surface area contributed by atoms with Gasteiger partial charge in [0.05, 0.1) is 31.9 Å². The lowest BCUT2D eigenvalue weighted by Crippen LogP contribution is -2.51. The number of amides is 1. The summed E-state index contributed by atoms with van der Waals surface area (Å²) in [6.45, 7) is 3.64. The number of allylic oxidation sites excluding steroid dienone is 1. The number of methoxy groups -OCH3 is 1. The molecule has 32 heavy (non-hydrogen) atoms. The van der Waals surface area contributed by atoms with E-state index in [-0.39, 0.29) is 16.5 Å². The Bertz CT molecular complexity index is 1050. The molecule has 0 radical (unpaired) electrons. The summed E-state index contributed by atoms with van der Waals surface area (Å²) in [6.07, 6.45) is 0. The van der Waals surface area contributed by atoms with Crippen LogP contribution in [-0.4, -0.2) is 49.3 Å². The second-order valence-corrected chi connectivity index (χ2v) is 8.25. The maximum Gasteiger partial charge on any atom is 0.254 e. The van der Waals surface area contributed by atoms with Gasteiger partial charge in [-0.2, -0.15) is 0 Å². The summed E-state index contributed by atoms with van der Waals surface area (Å²) in [5, 5.41) is 3.73. The zero-order valence-electron chi connectivity index (χ0n) is 17.7. The molecule has 0 aromatic heterocycles. The average Bonchev–Trinajstić information content (AvgIpc) is 2.79. The van der Waals surface area contributed by atoms with Crippen molar-refractivity contribution in [3.63, 3.8) is 0 Å². The number of morpholine rings is 1. The molecule has 1 fully saturated rings. The van der Waals surface area contributed by atoms with E-state index in [2.05, 4.69) is 5.32 Å². The van der Waals surface area contributed by atoms with Crippen LogP contribution in [0, 0.1) is 5.82 Å². The van der Waals surface area contributed by atoms with Crippen LogP contribution >= 0.6 is 23.8 Å². The molecular weight excluding hydrogens is 453 g/mol. The quantitative estimate of drug-likeness (QED) is 0.673. The first-order chi connectivity index (χ1) is 15.4. The fourth-order valence-corrected chi connectivity index (χ4v) is 4.63. The van der Waals surface area contributed by atoms with Gasteiger partial charge in [0.1, 0.15) is 11.6 Å². The van der Waals surface area contributed by atoms with Gasteiger partial charge in [-0.15, -0.1) is 0 Å². The van der Waals surface area contributed by atoms with Crippen LogP contribution in [0.15, 0.2) is 53.7 Å². The molecule has 168 valence electrons. The first-order valence-corrected chi connectivity index (χ1v) is 11.0. The van der Waals surface area contributed by atoms with Crippen molar-refractivity contribution >= 4 is 40.5 Å². The Kier molecular flexibility index (Phi) is 6.64. The van der Waals surface area contributed by atoms with Gasteiger partial charge in [-0.1, -0.05) is 17.7 Å². The molecule has 2 aromatic rings. The van der Waals surface area contributed by atoms with Crippen LogP contribution in [0.25, 0.3) is 0 Å². The van der Waals surface area contributed by atoms with Gasteiger partial charge in [0.25, 0.3) is 5.91 Å². The fourth-order valence-electron chi connectivity index (χ4n) is 4.00. The van der Waals surface area contributed by atoms with Crippen LogP contribution in [0.1, 0.15) is 18.5 Å². The molecule has 0 saturated carbocycles. The minimum absolute atomic E-state index is 0.196. The summed E-state index contributed by atoms with van der Waals surface area (Å²) < 4.78 is 25.5. The summed E-state index contributed by atoms with van der Waals surface area (Å²) in [7, 11) is 1.59. The smallest absolute Gasteiger partial charge is 0.254 e. The lowest BCUT2D eigenvalue weighted by atomic mass is 9.93.